The monoisotopic (exact) mass is 332 g/mol. The van der Waals surface area contributed by atoms with Gasteiger partial charge in [0.15, 0.2) is 0 Å². The molecule has 0 aliphatic rings. The minimum absolute atomic E-state index is 0.674. The fourth-order valence-corrected chi connectivity index (χ4v) is 3.29. The molecular weight excluding hydrogens is 308 g/mol. The number of rotatable bonds is 9. The average Bonchev–Trinajstić information content (AvgIpc) is 2.56. The van der Waals surface area contributed by atoms with Crippen LogP contribution in [-0.4, -0.2) is 12.0 Å². The molecule has 0 aliphatic heterocycles. The van der Waals surface area contributed by atoms with Gasteiger partial charge in [0, 0.05) is 11.5 Å². The third kappa shape index (κ3) is 6.07. The molecule has 0 fully saturated rings. The zero-order valence-electron chi connectivity index (χ0n) is 13.4. The molecular formula is C19H24OS2. The fraction of sp³-hybridized carbons (Fsp3) is 0.368. The number of ether oxygens (including phenoxy) is 1. The van der Waals surface area contributed by atoms with Crippen LogP contribution in [0.25, 0.3) is 0 Å². The zero-order valence-corrected chi connectivity index (χ0v) is 15.0. The molecule has 2 aromatic rings. The second-order valence-corrected chi connectivity index (χ2v) is 7.34. The molecule has 0 atom stereocenters. The number of thioether (sulfide) groups is 2. The van der Waals surface area contributed by atoms with Crippen molar-refractivity contribution in [3.8, 4) is 0 Å². The Hall–Kier alpha value is -0.900. The molecule has 2 rings (SSSR count). The smallest absolute Gasteiger partial charge is 0.0721 e. The van der Waals surface area contributed by atoms with E-state index in [1.807, 2.05) is 23.5 Å². The first-order chi connectivity index (χ1) is 10.8. The Morgan fingerprint density at radius 1 is 0.727 bits per heavy atom. The predicted molar refractivity (Wildman–Crippen MR) is 100 cm³/mol. The Morgan fingerprint density at radius 3 is 1.64 bits per heavy atom. The van der Waals surface area contributed by atoms with Crippen LogP contribution < -0.4 is 0 Å². The van der Waals surface area contributed by atoms with Crippen LogP contribution in [0.2, 0.25) is 0 Å². The van der Waals surface area contributed by atoms with Gasteiger partial charge in [-0.3, -0.25) is 0 Å². The van der Waals surface area contributed by atoms with E-state index < -0.39 is 0 Å². The Labute approximate surface area is 142 Å². The zero-order chi connectivity index (χ0) is 15.6. The van der Waals surface area contributed by atoms with Crippen LogP contribution in [0.1, 0.15) is 29.2 Å². The minimum atomic E-state index is 0.674. The van der Waals surface area contributed by atoms with E-state index in [2.05, 4.69) is 61.7 Å². The normalized spacial score (nSPS) is 10.8. The molecule has 118 valence electrons. The van der Waals surface area contributed by atoms with Gasteiger partial charge in [-0.25, -0.2) is 0 Å². The predicted octanol–water partition coefficient (Wildman–Crippen LogP) is 5.52. The SMILES string of the molecule is CCSCc1ccc(COCc2ccc(CSC)cc2)cc1. The van der Waals surface area contributed by atoms with Crippen molar-refractivity contribution < 1.29 is 4.74 Å². The van der Waals surface area contributed by atoms with Gasteiger partial charge in [0.05, 0.1) is 13.2 Å². The van der Waals surface area contributed by atoms with Gasteiger partial charge in [-0.1, -0.05) is 55.5 Å². The summed E-state index contributed by atoms with van der Waals surface area (Å²) in [5, 5.41) is 0. The van der Waals surface area contributed by atoms with Crippen LogP contribution in [0.3, 0.4) is 0 Å². The highest BCUT2D eigenvalue weighted by Gasteiger charge is 1.98. The molecule has 0 saturated heterocycles. The van der Waals surface area contributed by atoms with Crippen LogP contribution in [0.5, 0.6) is 0 Å². The minimum Gasteiger partial charge on any atom is -0.372 e. The van der Waals surface area contributed by atoms with Crippen LogP contribution in [-0.2, 0) is 29.5 Å². The molecule has 0 saturated carbocycles. The Morgan fingerprint density at radius 2 is 1.18 bits per heavy atom. The molecule has 1 nitrogen and oxygen atoms in total. The van der Waals surface area contributed by atoms with Crippen LogP contribution in [0.4, 0.5) is 0 Å². The van der Waals surface area contributed by atoms with Crippen LogP contribution in [0, 0.1) is 0 Å². The molecule has 0 unspecified atom stereocenters. The third-order valence-corrected chi connectivity index (χ3v) is 4.93. The highest BCUT2D eigenvalue weighted by Crippen LogP contribution is 2.14. The second kappa shape index (κ2) is 9.98. The lowest BCUT2D eigenvalue weighted by atomic mass is 10.1. The Kier molecular flexibility index (Phi) is 7.92. The van der Waals surface area contributed by atoms with E-state index in [0.717, 1.165) is 11.5 Å². The first-order valence-electron chi connectivity index (χ1n) is 7.62. The summed E-state index contributed by atoms with van der Waals surface area (Å²) < 4.78 is 5.82. The quantitative estimate of drug-likeness (QED) is 0.598. The van der Waals surface area contributed by atoms with Crippen molar-refractivity contribution in [1.82, 2.24) is 0 Å². The van der Waals surface area contributed by atoms with Crippen molar-refractivity contribution in [2.75, 3.05) is 12.0 Å². The summed E-state index contributed by atoms with van der Waals surface area (Å²) in [6.45, 7) is 3.54. The van der Waals surface area contributed by atoms with Gasteiger partial charge < -0.3 is 4.74 Å². The van der Waals surface area contributed by atoms with Crippen molar-refractivity contribution in [3.05, 3.63) is 70.8 Å². The molecule has 0 heterocycles. The molecule has 0 bridgehead atoms. The van der Waals surface area contributed by atoms with Gasteiger partial charge >= 0.3 is 0 Å². The van der Waals surface area contributed by atoms with Gasteiger partial charge in [0.25, 0.3) is 0 Å². The van der Waals surface area contributed by atoms with E-state index in [1.54, 1.807) is 0 Å². The molecule has 0 aliphatic carbocycles. The van der Waals surface area contributed by atoms with Crippen molar-refractivity contribution in [3.63, 3.8) is 0 Å². The average molecular weight is 333 g/mol. The standard InChI is InChI=1S/C19H24OS2/c1-3-22-15-19-10-6-17(7-11-19)13-20-12-16-4-8-18(9-5-16)14-21-2/h4-11H,3,12-15H2,1-2H3. The molecule has 0 amide bonds. The summed E-state index contributed by atoms with van der Waals surface area (Å²) in [6.07, 6.45) is 2.13. The Balaban J connectivity index is 1.75. The van der Waals surface area contributed by atoms with E-state index in [4.69, 9.17) is 4.74 Å². The Bertz CT molecular complexity index is 534. The van der Waals surface area contributed by atoms with Crippen LogP contribution >= 0.6 is 23.5 Å². The summed E-state index contributed by atoms with van der Waals surface area (Å²) in [7, 11) is 0. The lowest BCUT2D eigenvalue weighted by molar-refractivity contribution is 0.107. The lowest BCUT2D eigenvalue weighted by Crippen LogP contribution is -1.95. The first kappa shape index (κ1) is 17.5. The summed E-state index contributed by atoms with van der Waals surface area (Å²) >= 11 is 3.80. The topological polar surface area (TPSA) is 9.23 Å². The van der Waals surface area contributed by atoms with Gasteiger partial charge in [-0.05, 0) is 34.3 Å². The molecule has 0 radical (unpaired) electrons. The summed E-state index contributed by atoms with van der Waals surface area (Å²) in [4.78, 5) is 0. The van der Waals surface area contributed by atoms with E-state index in [9.17, 15) is 0 Å². The molecule has 0 aromatic heterocycles. The maximum absolute atomic E-state index is 5.82. The first-order valence-corrected chi connectivity index (χ1v) is 10.2. The molecule has 22 heavy (non-hydrogen) atoms. The van der Waals surface area contributed by atoms with E-state index in [1.165, 1.54) is 28.0 Å². The van der Waals surface area contributed by atoms with Crippen molar-refractivity contribution in [2.24, 2.45) is 0 Å². The highest BCUT2D eigenvalue weighted by molar-refractivity contribution is 7.98. The van der Waals surface area contributed by atoms with E-state index in [-0.39, 0.29) is 0 Å². The summed E-state index contributed by atoms with van der Waals surface area (Å²) in [5.74, 6) is 3.34. The van der Waals surface area contributed by atoms with E-state index in [0.29, 0.717) is 13.2 Å². The maximum Gasteiger partial charge on any atom is 0.0721 e. The third-order valence-electron chi connectivity index (χ3n) is 3.37. The second-order valence-electron chi connectivity index (χ2n) is 5.20. The maximum atomic E-state index is 5.82. The summed E-state index contributed by atoms with van der Waals surface area (Å²) in [5.41, 5.74) is 5.24. The molecule has 3 heteroatoms. The fourth-order valence-electron chi connectivity index (χ4n) is 2.14. The van der Waals surface area contributed by atoms with Gasteiger partial charge in [0.1, 0.15) is 0 Å². The number of benzene rings is 2. The van der Waals surface area contributed by atoms with Gasteiger partial charge in [0.2, 0.25) is 0 Å². The molecule has 0 spiro atoms. The lowest BCUT2D eigenvalue weighted by Gasteiger charge is -2.07. The largest absolute Gasteiger partial charge is 0.372 e. The van der Waals surface area contributed by atoms with Crippen molar-refractivity contribution >= 4 is 23.5 Å². The van der Waals surface area contributed by atoms with Gasteiger partial charge in [-0.2, -0.15) is 23.5 Å². The van der Waals surface area contributed by atoms with Crippen molar-refractivity contribution in [2.45, 2.75) is 31.6 Å². The van der Waals surface area contributed by atoms with Crippen molar-refractivity contribution in [1.29, 1.82) is 0 Å². The molecule has 2 aromatic carbocycles. The number of hydrogen-bond acceptors (Lipinski definition) is 3. The summed E-state index contributed by atoms with van der Waals surface area (Å²) in [6, 6.07) is 17.5. The van der Waals surface area contributed by atoms with E-state index >= 15 is 0 Å². The highest BCUT2D eigenvalue weighted by atomic mass is 32.2. The number of hydrogen-bond donors (Lipinski definition) is 0. The van der Waals surface area contributed by atoms with Gasteiger partial charge in [-0.15, -0.1) is 0 Å². The molecule has 0 N–H and O–H groups in total. The van der Waals surface area contributed by atoms with Crippen LogP contribution in [0.15, 0.2) is 48.5 Å².